The zero-order valence-electron chi connectivity index (χ0n) is 11.2. The molecule has 0 saturated carbocycles. The second kappa shape index (κ2) is 6.62. The summed E-state index contributed by atoms with van der Waals surface area (Å²) in [4.78, 5) is 0. The van der Waals surface area contributed by atoms with Crippen molar-refractivity contribution in [3.8, 4) is 5.75 Å². The molecule has 0 heterocycles. The lowest BCUT2D eigenvalue weighted by Gasteiger charge is -2.25. The van der Waals surface area contributed by atoms with E-state index in [0.717, 1.165) is 25.4 Å². The molecule has 96 valence electrons. The molecule has 1 N–H and O–H groups in total. The van der Waals surface area contributed by atoms with Crippen molar-refractivity contribution >= 4 is 0 Å². The number of ether oxygens (including phenoxy) is 2. The number of nitrogens with one attached hydrogen (secondary N) is 1. The van der Waals surface area contributed by atoms with E-state index in [1.807, 2.05) is 19.1 Å². The summed E-state index contributed by atoms with van der Waals surface area (Å²) in [6, 6.07) is 8.09. The van der Waals surface area contributed by atoms with Crippen LogP contribution in [0, 0.1) is 0 Å². The zero-order chi connectivity index (χ0) is 12.7. The molecule has 0 aliphatic heterocycles. The van der Waals surface area contributed by atoms with E-state index in [0.29, 0.717) is 0 Å². The van der Waals surface area contributed by atoms with Crippen molar-refractivity contribution in [1.29, 1.82) is 0 Å². The maximum atomic E-state index is 5.62. The molecule has 0 aliphatic rings. The van der Waals surface area contributed by atoms with Crippen molar-refractivity contribution < 1.29 is 9.47 Å². The molecule has 3 heteroatoms. The Morgan fingerprint density at radius 3 is 2.35 bits per heavy atom. The summed E-state index contributed by atoms with van der Waals surface area (Å²) >= 11 is 0. The fourth-order valence-electron chi connectivity index (χ4n) is 1.69. The highest BCUT2D eigenvalue weighted by molar-refractivity contribution is 5.26. The Kier molecular flexibility index (Phi) is 5.45. The lowest BCUT2D eigenvalue weighted by atomic mass is 10.1. The van der Waals surface area contributed by atoms with Crippen LogP contribution in [-0.4, -0.2) is 25.9 Å². The minimum absolute atomic E-state index is 0.110. The van der Waals surface area contributed by atoms with Gasteiger partial charge in [0.15, 0.2) is 0 Å². The van der Waals surface area contributed by atoms with Crippen molar-refractivity contribution in [2.75, 3.05) is 20.3 Å². The molecule has 1 rings (SSSR count). The van der Waals surface area contributed by atoms with Crippen LogP contribution in [0.25, 0.3) is 0 Å². The van der Waals surface area contributed by atoms with Crippen LogP contribution in [-0.2, 0) is 11.3 Å². The predicted molar refractivity (Wildman–Crippen MR) is 70.4 cm³/mol. The fourth-order valence-corrected chi connectivity index (χ4v) is 1.69. The van der Waals surface area contributed by atoms with Crippen LogP contribution >= 0.6 is 0 Å². The maximum absolute atomic E-state index is 5.62. The van der Waals surface area contributed by atoms with Gasteiger partial charge in [-0.3, -0.25) is 0 Å². The summed E-state index contributed by atoms with van der Waals surface area (Å²) in [7, 11) is 1.68. The van der Waals surface area contributed by atoms with Crippen LogP contribution in [0.15, 0.2) is 24.3 Å². The Morgan fingerprint density at radius 1 is 1.18 bits per heavy atom. The molecule has 0 aliphatic carbocycles. The highest BCUT2D eigenvalue weighted by Crippen LogP contribution is 2.12. The van der Waals surface area contributed by atoms with Crippen LogP contribution in [0.1, 0.15) is 26.3 Å². The van der Waals surface area contributed by atoms with Gasteiger partial charge in [-0.25, -0.2) is 0 Å². The summed E-state index contributed by atoms with van der Waals surface area (Å²) in [6.07, 6.45) is 0. The highest BCUT2D eigenvalue weighted by Gasteiger charge is 2.16. The van der Waals surface area contributed by atoms with E-state index in [-0.39, 0.29) is 5.60 Å². The monoisotopic (exact) mass is 237 g/mol. The van der Waals surface area contributed by atoms with Gasteiger partial charge in [0.2, 0.25) is 0 Å². The van der Waals surface area contributed by atoms with Gasteiger partial charge in [0.1, 0.15) is 5.75 Å². The number of methoxy groups -OCH3 is 1. The van der Waals surface area contributed by atoms with E-state index in [2.05, 4.69) is 31.3 Å². The number of benzene rings is 1. The average Bonchev–Trinajstić information content (AvgIpc) is 2.29. The Balaban J connectivity index is 2.35. The molecular weight excluding hydrogens is 214 g/mol. The maximum Gasteiger partial charge on any atom is 0.118 e. The molecule has 17 heavy (non-hydrogen) atoms. The summed E-state index contributed by atoms with van der Waals surface area (Å²) < 4.78 is 10.7. The average molecular weight is 237 g/mol. The van der Waals surface area contributed by atoms with Gasteiger partial charge in [-0.05, 0) is 38.5 Å². The molecule has 1 aromatic rings. The van der Waals surface area contributed by atoms with Crippen LogP contribution < -0.4 is 10.1 Å². The molecule has 0 saturated heterocycles. The van der Waals surface area contributed by atoms with Gasteiger partial charge < -0.3 is 14.8 Å². The third-order valence-electron chi connectivity index (χ3n) is 2.57. The van der Waals surface area contributed by atoms with Crippen LogP contribution in [0.3, 0.4) is 0 Å². The molecule has 0 amide bonds. The van der Waals surface area contributed by atoms with Crippen LogP contribution in [0.4, 0.5) is 0 Å². The standard InChI is InChI=1S/C14H23NO2/c1-5-17-14(2,3)11-15-10-12-6-8-13(16-4)9-7-12/h6-9,15H,5,10-11H2,1-4H3. The van der Waals surface area contributed by atoms with E-state index in [1.54, 1.807) is 7.11 Å². The minimum atomic E-state index is -0.110. The third-order valence-corrected chi connectivity index (χ3v) is 2.57. The van der Waals surface area contributed by atoms with Gasteiger partial charge in [0, 0.05) is 19.7 Å². The molecule has 3 nitrogen and oxygen atoms in total. The fraction of sp³-hybridized carbons (Fsp3) is 0.571. The predicted octanol–water partition coefficient (Wildman–Crippen LogP) is 2.60. The largest absolute Gasteiger partial charge is 0.497 e. The summed E-state index contributed by atoms with van der Waals surface area (Å²) in [5, 5.41) is 3.40. The molecule has 0 bridgehead atoms. The van der Waals surface area contributed by atoms with E-state index in [4.69, 9.17) is 9.47 Å². The van der Waals surface area contributed by atoms with Gasteiger partial charge in [-0.2, -0.15) is 0 Å². The van der Waals surface area contributed by atoms with Gasteiger partial charge >= 0.3 is 0 Å². The van der Waals surface area contributed by atoms with Gasteiger partial charge in [0.05, 0.1) is 12.7 Å². The second-order valence-corrected chi connectivity index (χ2v) is 4.64. The lowest BCUT2D eigenvalue weighted by Crippen LogP contribution is -2.37. The third kappa shape index (κ3) is 5.20. The molecule has 0 fully saturated rings. The van der Waals surface area contributed by atoms with Gasteiger partial charge in [-0.1, -0.05) is 12.1 Å². The van der Waals surface area contributed by atoms with E-state index >= 15 is 0 Å². The van der Waals surface area contributed by atoms with Gasteiger partial charge in [-0.15, -0.1) is 0 Å². The zero-order valence-corrected chi connectivity index (χ0v) is 11.2. The molecule has 0 spiro atoms. The molecule has 0 aromatic heterocycles. The summed E-state index contributed by atoms with van der Waals surface area (Å²) in [5.74, 6) is 0.892. The van der Waals surface area contributed by atoms with Crippen molar-refractivity contribution in [3.05, 3.63) is 29.8 Å². The quantitative estimate of drug-likeness (QED) is 0.790. The van der Waals surface area contributed by atoms with E-state index < -0.39 is 0 Å². The smallest absolute Gasteiger partial charge is 0.118 e. The van der Waals surface area contributed by atoms with Crippen molar-refractivity contribution in [2.45, 2.75) is 32.9 Å². The van der Waals surface area contributed by atoms with Crippen molar-refractivity contribution in [3.63, 3.8) is 0 Å². The highest BCUT2D eigenvalue weighted by atomic mass is 16.5. The van der Waals surface area contributed by atoms with Crippen LogP contribution in [0.2, 0.25) is 0 Å². The Morgan fingerprint density at radius 2 is 1.82 bits per heavy atom. The first-order valence-electron chi connectivity index (χ1n) is 6.05. The number of hydrogen-bond donors (Lipinski definition) is 1. The first-order chi connectivity index (χ1) is 8.07. The molecule has 1 aromatic carbocycles. The first-order valence-corrected chi connectivity index (χ1v) is 6.05. The van der Waals surface area contributed by atoms with E-state index in [1.165, 1.54) is 5.56 Å². The second-order valence-electron chi connectivity index (χ2n) is 4.64. The normalized spacial score (nSPS) is 11.5. The van der Waals surface area contributed by atoms with E-state index in [9.17, 15) is 0 Å². The number of rotatable bonds is 7. The van der Waals surface area contributed by atoms with Crippen LogP contribution in [0.5, 0.6) is 5.75 Å². The topological polar surface area (TPSA) is 30.5 Å². The van der Waals surface area contributed by atoms with Crippen molar-refractivity contribution in [2.24, 2.45) is 0 Å². The molecule has 0 unspecified atom stereocenters. The Hall–Kier alpha value is -1.06. The Bertz CT molecular complexity index is 319. The summed E-state index contributed by atoms with van der Waals surface area (Å²) in [6.45, 7) is 8.64. The lowest BCUT2D eigenvalue weighted by molar-refractivity contribution is -0.00897. The summed E-state index contributed by atoms with van der Waals surface area (Å²) in [5.41, 5.74) is 1.14. The minimum Gasteiger partial charge on any atom is -0.497 e. The molecule has 0 radical (unpaired) electrons. The molecular formula is C14H23NO2. The van der Waals surface area contributed by atoms with Gasteiger partial charge in [0.25, 0.3) is 0 Å². The SMILES string of the molecule is CCOC(C)(C)CNCc1ccc(OC)cc1. The number of hydrogen-bond acceptors (Lipinski definition) is 3. The van der Waals surface area contributed by atoms with Crippen molar-refractivity contribution in [1.82, 2.24) is 5.32 Å². The molecule has 0 atom stereocenters. The Labute approximate surface area is 104 Å². The first kappa shape index (κ1) is 14.0.